The number of hydrogen-bond acceptors (Lipinski definition) is 4. The lowest BCUT2D eigenvalue weighted by molar-refractivity contribution is -0.116. The first kappa shape index (κ1) is 16.6. The van der Waals surface area contributed by atoms with Crippen LogP contribution in [0.3, 0.4) is 0 Å². The van der Waals surface area contributed by atoms with E-state index in [1.165, 1.54) is 37.0 Å². The lowest BCUT2D eigenvalue weighted by Gasteiger charge is -2.09. The Balaban J connectivity index is 1.48. The number of anilines is 2. The molecule has 1 heterocycles. The van der Waals surface area contributed by atoms with Crippen molar-refractivity contribution in [2.45, 2.75) is 38.5 Å². The van der Waals surface area contributed by atoms with Crippen LogP contribution < -0.4 is 10.6 Å². The third-order valence-corrected chi connectivity index (χ3v) is 5.03. The normalized spacial score (nSPS) is 14.5. The second kappa shape index (κ2) is 8.06. The van der Waals surface area contributed by atoms with Crippen LogP contribution >= 0.6 is 11.3 Å². The molecule has 2 N–H and O–H groups in total. The molecule has 1 aromatic heterocycles. The number of amides is 2. The molecule has 0 bridgehead atoms. The molecule has 24 heavy (non-hydrogen) atoms. The summed E-state index contributed by atoms with van der Waals surface area (Å²) in [5.41, 5.74) is 1.26. The van der Waals surface area contributed by atoms with E-state index in [1.807, 2.05) is 0 Å². The van der Waals surface area contributed by atoms with Crippen LogP contribution in [0.25, 0.3) is 0 Å². The molecule has 0 spiro atoms. The number of thiazole rings is 1. The first-order chi connectivity index (χ1) is 11.7. The lowest BCUT2D eigenvalue weighted by atomic mass is 10.0. The van der Waals surface area contributed by atoms with Gasteiger partial charge in [-0.2, -0.15) is 0 Å². The van der Waals surface area contributed by atoms with Gasteiger partial charge in [0.15, 0.2) is 5.13 Å². The van der Waals surface area contributed by atoms with E-state index < -0.39 is 0 Å². The van der Waals surface area contributed by atoms with Crippen molar-refractivity contribution in [3.8, 4) is 0 Å². The summed E-state index contributed by atoms with van der Waals surface area (Å²) < 4.78 is 0. The molecule has 5 nitrogen and oxygen atoms in total. The van der Waals surface area contributed by atoms with Gasteiger partial charge in [-0.1, -0.05) is 25.7 Å². The number of carbonyl (C=O) groups is 2. The number of rotatable bonds is 6. The van der Waals surface area contributed by atoms with Gasteiger partial charge in [-0.25, -0.2) is 4.98 Å². The Morgan fingerprint density at radius 1 is 1.12 bits per heavy atom. The van der Waals surface area contributed by atoms with Crippen molar-refractivity contribution in [2.24, 2.45) is 5.92 Å². The van der Waals surface area contributed by atoms with Crippen molar-refractivity contribution >= 4 is 34.0 Å². The highest BCUT2D eigenvalue weighted by Crippen LogP contribution is 2.28. The molecule has 1 saturated carbocycles. The third-order valence-electron chi connectivity index (χ3n) is 4.34. The van der Waals surface area contributed by atoms with Crippen molar-refractivity contribution < 1.29 is 9.59 Å². The van der Waals surface area contributed by atoms with Crippen LogP contribution in [-0.2, 0) is 4.79 Å². The van der Waals surface area contributed by atoms with E-state index in [4.69, 9.17) is 0 Å². The standard InChI is InChI=1S/C18H21N3O2S/c22-16(10-5-13-3-1-2-4-13)20-15-8-6-14(7-9-15)17(23)21-18-19-11-12-24-18/h6-9,11-13H,1-5,10H2,(H,20,22)(H,19,21,23). The third kappa shape index (κ3) is 4.64. The van der Waals surface area contributed by atoms with E-state index in [0.29, 0.717) is 23.0 Å². The summed E-state index contributed by atoms with van der Waals surface area (Å²) in [5, 5.41) is 8.01. The van der Waals surface area contributed by atoms with Crippen molar-refractivity contribution in [3.63, 3.8) is 0 Å². The number of nitrogens with zero attached hydrogens (tertiary/aromatic N) is 1. The smallest absolute Gasteiger partial charge is 0.257 e. The van der Waals surface area contributed by atoms with E-state index in [1.54, 1.807) is 35.8 Å². The number of carbonyl (C=O) groups excluding carboxylic acids is 2. The van der Waals surface area contributed by atoms with Gasteiger partial charge >= 0.3 is 0 Å². The Morgan fingerprint density at radius 3 is 2.54 bits per heavy atom. The quantitative estimate of drug-likeness (QED) is 0.821. The van der Waals surface area contributed by atoms with Crippen LogP contribution in [0.15, 0.2) is 35.8 Å². The maximum Gasteiger partial charge on any atom is 0.257 e. The zero-order valence-electron chi connectivity index (χ0n) is 13.5. The molecule has 0 saturated heterocycles. The fraction of sp³-hybridized carbons (Fsp3) is 0.389. The highest BCUT2D eigenvalue weighted by molar-refractivity contribution is 7.13. The molecule has 2 amide bonds. The summed E-state index contributed by atoms with van der Waals surface area (Å²) in [4.78, 5) is 28.1. The zero-order valence-corrected chi connectivity index (χ0v) is 14.3. The SMILES string of the molecule is O=C(CCC1CCCC1)Nc1ccc(C(=O)Nc2nccs2)cc1. The summed E-state index contributed by atoms with van der Waals surface area (Å²) in [6.45, 7) is 0. The molecule has 6 heteroatoms. The first-order valence-corrected chi connectivity index (χ1v) is 9.19. The van der Waals surface area contributed by atoms with Crippen LogP contribution in [0.4, 0.5) is 10.8 Å². The van der Waals surface area contributed by atoms with Gasteiger partial charge in [0.2, 0.25) is 5.91 Å². The molecule has 0 atom stereocenters. The molecule has 0 radical (unpaired) electrons. The molecule has 0 unspecified atom stereocenters. The zero-order chi connectivity index (χ0) is 16.8. The molecular weight excluding hydrogens is 322 g/mol. The van der Waals surface area contributed by atoms with Gasteiger partial charge in [0.25, 0.3) is 5.91 Å². The van der Waals surface area contributed by atoms with Crippen LogP contribution in [-0.4, -0.2) is 16.8 Å². The Hall–Kier alpha value is -2.21. The van der Waals surface area contributed by atoms with E-state index in [2.05, 4.69) is 15.6 Å². The summed E-state index contributed by atoms with van der Waals surface area (Å²) in [6, 6.07) is 6.92. The maximum absolute atomic E-state index is 12.1. The van der Waals surface area contributed by atoms with Gasteiger partial charge < -0.3 is 5.32 Å². The first-order valence-electron chi connectivity index (χ1n) is 8.31. The molecular formula is C18H21N3O2S. The number of nitrogens with one attached hydrogen (secondary N) is 2. The van der Waals surface area contributed by atoms with Gasteiger partial charge in [0.1, 0.15) is 0 Å². The van der Waals surface area contributed by atoms with Crippen molar-refractivity contribution in [3.05, 3.63) is 41.4 Å². The minimum Gasteiger partial charge on any atom is -0.326 e. The summed E-state index contributed by atoms with van der Waals surface area (Å²) in [5.74, 6) is 0.554. The highest BCUT2D eigenvalue weighted by atomic mass is 32.1. The monoisotopic (exact) mass is 343 g/mol. The summed E-state index contributed by atoms with van der Waals surface area (Å²) in [7, 11) is 0. The summed E-state index contributed by atoms with van der Waals surface area (Å²) in [6.07, 6.45) is 8.31. The van der Waals surface area contributed by atoms with E-state index in [9.17, 15) is 9.59 Å². The van der Waals surface area contributed by atoms with Crippen molar-refractivity contribution in [2.75, 3.05) is 10.6 Å². The van der Waals surface area contributed by atoms with E-state index >= 15 is 0 Å². The average molecular weight is 343 g/mol. The fourth-order valence-electron chi connectivity index (χ4n) is 3.02. The lowest BCUT2D eigenvalue weighted by Crippen LogP contribution is -2.14. The Morgan fingerprint density at radius 2 is 1.88 bits per heavy atom. The molecule has 0 aliphatic heterocycles. The van der Waals surface area contributed by atoms with Gasteiger partial charge in [-0.3, -0.25) is 14.9 Å². The number of hydrogen-bond donors (Lipinski definition) is 2. The van der Waals surface area contributed by atoms with Crippen LogP contribution in [0.2, 0.25) is 0 Å². The second-order valence-corrected chi connectivity index (χ2v) is 7.00. The summed E-state index contributed by atoms with van der Waals surface area (Å²) >= 11 is 1.37. The molecule has 1 aliphatic rings. The van der Waals surface area contributed by atoms with Crippen molar-refractivity contribution in [1.82, 2.24) is 4.98 Å². The van der Waals surface area contributed by atoms with Gasteiger partial charge in [0, 0.05) is 29.2 Å². The predicted octanol–water partition coefficient (Wildman–Crippen LogP) is 4.30. The minimum atomic E-state index is -0.205. The van der Waals surface area contributed by atoms with Gasteiger partial charge in [0.05, 0.1) is 0 Å². The molecule has 126 valence electrons. The Labute approximate surface area is 145 Å². The number of aromatic nitrogens is 1. The van der Waals surface area contributed by atoms with Crippen LogP contribution in [0.5, 0.6) is 0 Å². The topological polar surface area (TPSA) is 71.1 Å². The molecule has 3 rings (SSSR count). The minimum absolute atomic E-state index is 0.0434. The Kier molecular flexibility index (Phi) is 5.59. The molecule has 2 aromatic rings. The van der Waals surface area contributed by atoms with E-state index in [0.717, 1.165) is 12.1 Å². The van der Waals surface area contributed by atoms with E-state index in [-0.39, 0.29) is 11.8 Å². The second-order valence-electron chi connectivity index (χ2n) is 6.11. The average Bonchev–Trinajstić information content (AvgIpc) is 3.27. The highest BCUT2D eigenvalue weighted by Gasteiger charge is 2.16. The van der Waals surface area contributed by atoms with Crippen LogP contribution in [0, 0.1) is 5.92 Å². The van der Waals surface area contributed by atoms with Gasteiger partial charge in [-0.15, -0.1) is 11.3 Å². The number of benzene rings is 1. The molecule has 1 aromatic carbocycles. The van der Waals surface area contributed by atoms with Gasteiger partial charge in [-0.05, 0) is 36.6 Å². The maximum atomic E-state index is 12.1. The predicted molar refractivity (Wildman–Crippen MR) is 96.3 cm³/mol. The van der Waals surface area contributed by atoms with Crippen molar-refractivity contribution in [1.29, 1.82) is 0 Å². The molecule has 1 fully saturated rings. The largest absolute Gasteiger partial charge is 0.326 e. The fourth-order valence-corrected chi connectivity index (χ4v) is 3.54. The Bertz CT molecular complexity index is 677. The van der Waals surface area contributed by atoms with Crippen LogP contribution in [0.1, 0.15) is 48.9 Å². The molecule has 1 aliphatic carbocycles.